The maximum absolute atomic E-state index is 7.08. The van der Waals surface area contributed by atoms with Crippen LogP contribution < -0.4 is 20.4 Å². The van der Waals surface area contributed by atoms with E-state index in [-0.39, 0.29) is 0 Å². The van der Waals surface area contributed by atoms with Crippen LogP contribution in [0.25, 0.3) is 0 Å². The summed E-state index contributed by atoms with van der Waals surface area (Å²) in [7, 11) is 0. The Morgan fingerprint density at radius 2 is 0.741 bits per heavy atom. The van der Waals surface area contributed by atoms with E-state index in [1.807, 2.05) is 30.3 Å². The van der Waals surface area contributed by atoms with E-state index in [4.69, 9.17) is 4.52 Å². The molecule has 0 atom stereocenters. The monoisotopic (exact) mass is 370 g/mol. The van der Waals surface area contributed by atoms with Crippen molar-refractivity contribution in [3.8, 4) is 5.75 Å². The Hall–Kier alpha value is -2.89. The van der Waals surface area contributed by atoms with Crippen molar-refractivity contribution in [3.63, 3.8) is 0 Å². The molecule has 0 amide bonds. The van der Waals surface area contributed by atoms with Gasteiger partial charge in [-0.15, -0.1) is 0 Å². The quantitative estimate of drug-likeness (QED) is 0.442. The van der Waals surface area contributed by atoms with Gasteiger partial charge in [0.2, 0.25) is 0 Å². The summed E-state index contributed by atoms with van der Waals surface area (Å²) in [6.07, 6.45) is 0. The minimum absolute atomic E-state index is 0.884. The zero-order valence-electron chi connectivity index (χ0n) is 15.4. The third-order valence-electron chi connectivity index (χ3n) is 5.21. The molecule has 2 heteroatoms. The summed E-state index contributed by atoms with van der Waals surface area (Å²) >= 11 is 0. The van der Waals surface area contributed by atoms with Gasteiger partial charge in [-0.25, -0.2) is 0 Å². The minimum atomic E-state index is -3.18. The fraction of sp³-hybridized carbons (Fsp3) is 0.0400. The van der Waals surface area contributed by atoms with Crippen LogP contribution in [0.5, 0.6) is 5.75 Å². The average Bonchev–Trinajstić information content (AvgIpc) is 2.76. The Morgan fingerprint density at radius 3 is 1.07 bits per heavy atom. The van der Waals surface area contributed by atoms with E-state index >= 15 is 0 Å². The number of hydrogen-bond acceptors (Lipinski definition) is 1. The van der Waals surface area contributed by atoms with E-state index in [9.17, 15) is 0 Å². The molecule has 134 valence electrons. The van der Waals surface area contributed by atoms with E-state index in [0.717, 1.165) is 5.75 Å². The first-order valence-corrected chi connectivity index (χ1v) is 11.7. The molecule has 0 unspecified atom stereocenters. The molecule has 0 N–H and O–H groups in total. The van der Waals surface area contributed by atoms with E-state index in [0.29, 0.717) is 0 Å². The van der Waals surface area contributed by atoms with Crippen molar-refractivity contribution in [1.82, 2.24) is 0 Å². The molecule has 4 rings (SSSR count). The molecule has 27 heavy (non-hydrogen) atoms. The van der Waals surface area contributed by atoms with E-state index in [1.54, 1.807) is 0 Å². The van der Waals surface area contributed by atoms with Crippen LogP contribution in [0.15, 0.2) is 121 Å². The van der Waals surface area contributed by atoms with Crippen LogP contribution in [0, 0.1) is 0 Å². The van der Waals surface area contributed by atoms with Gasteiger partial charge in [0.05, 0.1) is 0 Å². The molecule has 0 aromatic heterocycles. The Kier molecular flexibility index (Phi) is 4.56. The van der Waals surface area contributed by atoms with Gasteiger partial charge in [0, 0.05) is 0 Å². The number of rotatable bonds is 5. The second-order valence-electron chi connectivity index (χ2n) is 6.87. The van der Waals surface area contributed by atoms with Crippen molar-refractivity contribution >= 4 is 22.7 Å². The van der Waals surface area contributed by atoms with Gasteiger partial charge in [0.25, 0.3) is 0 Å². The Morgan fingerprint density at radius 1 is 0.444 bits per heavy atom. The third kappa shape index (κ3) is 2.95. The third-order valence-corrected chi connectivity index (χ3v) is 10.5. The predicted octanol–water partition coefficient (Wildman–Crippen LogP) is 5.14. The first kappa shape index (κ1) is 17.5. The summed E-state index contributed by atoms with van der Waals surface area (Å²) in [6, 6.07) is 42.1. The molecule has 0 aliphatic rings. The molecule has 0 spiro atoms. The van der Waals surface area contributed by atoms with Gasteiger partial charge < -0.3 is 0 Å². The Balaban J connectivity index is 2.09. The number of hydrogen-bond donors (Lipinski definition) is 0. The van der Waals surface area contributed by atoms with Gasteiger partial charge in [-0.3, -0.25) is 0 Å². The molecular formula is C25H23OP. The van der Waals surface area contributed by atoms with Gasteiger partial charge in [0.1, 0.15) is 0 Å². The summed E-state index contributed by atoms with van der Waals surface area (Å²) in [5.74, 6) is 0.884. The van der Waals surface area contributed by atoms with Crippen molar-refractivity contribution in [3.05, 3.63) is 121 Å². The maximum atomic E-state index is 7.08. The van der Waals surface area contributed by atoms with Gasteiger partial charge >= 0.3 is 161 Å². The molecule has 0 fully saturated rings. The summed E-state index contributed by atoms with van der Waals surface area (Å²) in [5.41, 5.74) is 0. The van der Waals surface area contributed by atoms with Crippen molar-refractivity contribution in [2.24, 2.45) is 0 Å². The standard InChI is InChI=1S/C25H23OP/c1-27(23-16-8-3-9-17-23,24-18-10-4-11-19-24,25-20-12-5-13-21-25)26-22-14-6-2-7-15-22/h2-21H,1H3. The van der Waals surface area contributed by atoms with Crippen LogP contribution in [-0.4, -0.2) is 6.66 Å². The molecule has 0 aliphatic heterocycles. The molecule has 0 saturated heterocycles. The molecule has 0 bridgehead atoms. The molecule has 4 aromatic carbocycles. The second-order valence-corrected chi connectivity index (χ2v) is 11.5. The zero-order valence-corrected chi connectivity index (χ0v) is 16.3. The first-order valence-electron chi connectivity index (χ1n) is 9.15. The van der Waals surface area contributed by atoms with Crippen LogP contribution in [0.1, 0.15) is 0 Å². The molecular weight excluding hydrogens is 347 g/mol. The summed E-state index contributed by atoms with van der Waals surface area (Å²) in [4.78, 5) is 0. The molecule has 1 nitrogen and oxygen atoms in total. The van der Waals surface area contributed by atoms with E-state index < -0.39 is 6.83 Å². The zero-order chi connectivity index (χ0) is 18.6. The molecule has 0 heterocycles. The Bertz CT molecular complexity index is 900. The molecule has 0 aliphatic carbocycles. The van der Waals surface area contributed by atoms with Gasteiger partial charge in [-0.1, -0.05) is 0 Å². The normalized spacial score (nSPS) is 12.7. The van der Waals surface area contributed by atoms with Crippen molar-refractivity contribution in [2.75, 3.05) is 6.66 Å². The van der Waals surface area contributed by atoms with Crippen LogP contribution in [0.3, 0.4) is 0 Å². The van der Waals surface area contributed by atoms with Crippen LogP contribution in [0.4, 0.5) is 0 Å². The second kappa shape index (κ2) is 7.02. The number of benzene rings is 4. The first-order chi connectivity index (χ1) is 13.2. The molecule has 0 radical (unpaired) electrons. The average molecular weight is 370 g/mol. The topological polar surface area (TPSA) is 9.23 Å². The molecule has 4 aromatic rings. The SMILES string of the molecule is CP(Oc1ccccc1)(c1ccccc1)(c1ccccc1)c1ccccc1. The van der Waals surface area contributed by atoms with Crippen molar-refractivity contribution in [1.29, 1.82) is 0 Å². The summed E-state index contributed by atoms with van der Waals surface area (Å²) in [5, 5.41) is 3.64. The van der Waals surface area contributed by atoms with Crippen molar-refractivity contribution in [2.45, 2.75) is 0 Å². The summed E-state index contributed by atoms with van der Waals surface area (Å²) < 4.78 is 7.08. The van der Waals surface area contributed by atoms with Crippen molar-refractivity contribution < 1.29 is 4.52 Å². The number of para-hydroxylation sites is 1. The van der Waals surface area contributed by atoms with Gasteiger partial charge in [0.15, 0.2) is 0 Å². The fourth-order valence-electron chi connectivity index (χ4n) is 3.71. The van der Waals surface area contributed by atoms with E-state index in [2.05, 4.69) is 97.7 Å². The van der Waals surface area contributed by atoms with Gasteiger partial charge in [-0.05, 0) is 0 Å². The van der Waals surface area contributed by atoms with Gasteiger partial charge in [-0.2, -0.15) is 0 Å². The van der Waals surface area contributed by atoms with Crippen LogP contribution in [0.2, 0.25) is 0 Å². The van der Waals surface area contributed by atoms with Crippen LogP contribution >= 0.6 is 6.83 Å². The predicted molar refractivity (Wildman–Crippen MR) is 118 cm³/mol. The van der Waals surface area contributed by atoms with Crippen LogP contribution in [-0.2, 0) is 0 Å². The van der Waals surface area contributed by atoms with E-state index in [1.165, 1.54) is 15.9 Å². The summed E-state index contributed by atoms with van der Waals surface area (Å²) in [6.45, 7) is -0.875. The fourth-order valence-corrected chi connectivity index (χ4v) is 8.24. The Labute approximate surface area is 161 Å². The molecule has 0 saturated carbocycles.